The Kier molecular flexibility index (Phi) is 5.65. The molecule has 0 spiro atoms. The number of hydrogen-bond donors (Lipinski definition) is 1. The van der Waals surface area contributed by atoms with Crippen molar-refractivity contribution < 1.29 is 17.9 Å². The number of ether oxygens (including phenoxy) is 2. The number of sulfonamides is 1. The average Bonchev–Trinajstić information content (AvgIpc) is 2.42. The summed E-state index contributed by atoms with van der Waals surface area (Å²) in [6.45, 7) is 0.985. The van der Waals surface area contributed by atoms with Crippen LogP contribution in [-0.4, -0.2) is 34.5 Å². The lowest BCUT2D eigenvalue weighted by atomic mass is 10.2. The van der Waals surface area contributed by atoms with Gasteiger partial charge in [0, 0.05) is 22.2 Å². The summed E-state index contributed by atoms with van der Waals surface area (Å²) in [6, 6.07) is 4.89. The van der Waals surface area contributed by atoms with Crippen LogP contribution in [-0.2, 0) is 25.2 Å². The monoisotopic (exact) mass is 339 g/mol. The number of hydrogen-bond acceptors (Lipinski definition) is 4. The van der Waals surface area contributed by atoms with Crippen LogP contribution in [0.2, 0.25) is 10.0 Å². The van der Waals surface area contributed by atoms with Crippen molar-refractivity contribution in [2.24, 2.45) is 0 Å². The maximum atomic E-state index is 12.0. The Morgan fingerprint density at radius 1 is 1.30 bits per heavy atom. The maximum absolute atomic E-state index is 12.0. The van der Waals surface area contributed by atoms with Gasteiger partial charge in [-0.1, -0.05) is 29.3 Å². The molecule has 0 radical (unpaired) electrons. The molecule has 1 N–H and O–H groups in total. The zero-order valence-electron chi connectivity index (χ0n) is 10.6. The van der Waals surface area contributed by atoms with Gasteiger partial charge < -0.3 is 9.47 Å². The molecule has 1 atom stereocenters. The van der Waals surface area contributed by atoms with E-state index in [1.54, 1.807) is 18.2 Å². The van der Waals surface area contributed by atoms with Gasteiger partial charge in [-0.3, -0.25) is 0 Å². The first-order chi connectivity index (χ1) is 9.48. The van der Waals surface area contributed by atoms with Crippen molar-refractivity contribution in [3.05, 3.63) is 33.8 Å². The number of rotatable bonds is 5. The minimum Gasteiger partial charge on any atom is -0.355 e. The Balaban J connectivity index is 1.96. The number of benzene rings is 1. The van der Waals surface area contributed by atoms with Crippen molar-refractivity contribution >= 4 is 33.2 Å². The second-order valence-corrected chi connectivity index (χ2v) is 7.03. The largest absolute Gasteiger partial charge is 0.355 e. The molecule has 0 aromatic heterocycles. The van der Waals surface area contributed by atoms with Gasteiger partial charge in [-0.05, 0) is 18.6 Å². The van der Waals surface area contributed by atoms with Gasteiger partial charge in [0.05, 0.1) is 18.5 Å². The van der Waals surface area contributed by atoms with E-state index in [1.807, 2.05) is 0 Å². The summed E-state index contributed by atoms with van der Waals surface area (Å²) in [5.74, 6) is -0.255. The van der Waals surface area contributed by atoms with E-state index >= 15 is 0 Å². The first-order valence-electron chi connectivity index (χ1n) is 6.07. The minimum atomic E-state index is -3.52. The molecule has 1 aliphatic rings. The highest BCUT2D eigenvalue weighted by Gasteiger charge is 2.20. The fourth-order valence-corrected chi connectivity index (χ4v) is 3.72. The van der Waals surface area contributed by atoms with E-state index in [2.05, 4.69) is 4.72 Å². The molecule has 1 fully saturated rings. The van der Waals surface area contributed by atoms with Crippen molar-refractivity contribution in [3.8, 4) is 0 Å². The van der Waals surface area contributed by atoms with Crippen LogP contribution < -0.4 is 4.72 Å². The molecule has 1 aromatic carbocycles. The predicted molar refractivity (Wildman–Crippen MR) is 77.4 cm³/mol. The summed E-state index contributed by atoms with van der Waals surface area (Å²) in [4.78, 5) is 0. The summed E-state index contributed by atoms with van der Waals surface area (Å²) in [7, 11) is -3.52. The highest BCUT2D eigenvalue weighted by molar-refractivity contribution is 7.88. The fourth-order valence-electron chi connectivity index (χ4n) is 1.79. The van der Waals surface area contributed by atoms with E-state index in [0.717, 1.165) is 0 Å². The van der Waals surface area contributed by atoms with Crippen LogP contribution in [0.15, 0.2) is 18.2 Å². The molecule has 8 heteroatoms. The van der Waals surface area contributed by atoms with Gasteiger partial charge in [0.25, 0.3) is 0 Å². The standard InChI is InChI=1S/C12H15Cl2NO4S/c13-11-2-1-3-12(14)10(11)7-20(16,17)15-6-9-4-5-18-8-19-9/h1-3,9,15H,4-8H2. The number of nitrogens with one attached hydrogen (secondary N) is 1. The summed E-state index contributed by atoms with van der Waals surface area (Å²) < 4.78 is 36.9. The molecule has 1 unspecified atom stereocenters. The molecule has 0 aliphatic carbocycles. The van der Waals surface area contributed by atoms with Crippen LogP contribution in [0.5, 0.6) is 0 Å². The molecule has 0 bridgehead atoms. The van der Waals surface area contributed by atoms with Gasteiger partial charge in [0.1, 0.15) is 6.79 Å². The van der Waals surface area contributed by atoms with Crippen molar-refractivity contribution in [3.63, 3.8) is 0 Å². The predicted octanol–water partition coefficient (Wildman–Crippen LogP) is 2.18. The normalized spacial score (nSPS) is 20.0. The van der Waals surface area contributed by atoms with E-state index in [9.17, 15) is 8.42 Å². The average molecular weight is 340 g/mol. The van der Waals surface area contributed by atoms with Gasteiger partial charge in [-0.15, -0.1) is 0 Å². The molecule has 1 saturated heterocycles. The lowest BCUT2D eigenvalue weighted by Crippen LogP contribution is -2.37. The van der Waals surface area contributed by atoms with Gasteiger partial charge in [-0.25, -0.2) is 13.1 Å². The van der Waals surface area contributed by atoms with Crippen molar-refractivity contribution in [2.75, 3.05) is 19.9 Å². The van der Waals surface area contributed by atoms with Gasteiger partial charge in [0.15, 0.2) is 0 Å². The van der Waals surface area contributed by atoms with Crippen LogP contribution in [0.25, 0.3) is 0 Å². The van der Waals surface area contributed by atoms with Crippen LogP contribution in [0.1, 0.15) is 12.0 Å². The molecule has 20 heavy (non-hydrogen) atoms. The first-order valence-corrected chi connectivity index (χ1v) is 8.48. The molecule has 0 saturated carbocycles. The van der Waals surface area contributed by atoms with Gasteiger partial charge in [-0.2, -0.15) is 0 Å². The van der Waals surface area contributed by atoms with E-state index in [4.69, 9.17) is 32.7 Å². The second kappa shape index (κ2) is 7.06. The van der Waals surface area contributed by atoms with Crippen LogP contribution in [0, 0.1) is 0 Å². The summed E-state index contributed by atoms with van der Waals surface area (Å²) in [5.41, 5.74) is 0.399. The Morgan fingerprint density at radius 2 is 2.00 bits per heavy atom. The van der Waals surface area contributed by atoms with Crippen LogP contribution in [0.3, 0.4) is 0 Å². The minimum absolute atomic E-state index is 0.166. The third-order valence-electron chi connectivity index (χ3n) is 2.90. The Labute approximate surface area is 128 Å². The molecule has 1 aromatic rings. The Morgan fingerprint density at radius 3 is 2.60 bits per heavy atom. The van der Waals surface area contributed by atoms with Crippen molar-refractivity contribution in [1.29, 1.82) is 0 Å². The summed E-state index contributed by atoms with van der Waals surface area (Å²) in [5, 5.41) is 0.676. The lowest BCUT2D eigenvalue weighted by molar-refractivity contribution is -0.136. The van der Waals surface area contributed by atoms with E-state index in [-0.39, 0.29) is 25.2 Å². The maximum Gasteiger partial charge on any atom is 0.215 e. The van der Waals surface area contributed by atoms with Gasteiger partial charge in [0.2, 0.25) is 10.0 Å². The van der Waals surface area contributed by atoms with E-state index in [1.165, 1.54) is 0 Å². The van der Waals surface area contributed by atoms with Gasteiger partial charge >= 0.3 is 0 Å². The molecule has 2 rings (SSSR count). The third-order valence-corrected chi connectivity index (χ3v) is 4.88. The molecule has 0 amide bonds. The third kappa shape index (κ3) is 4.58. The zero-order chi connectivity index (χ0) is 14.6. The smallest absolute Gasteiger partial charge is 0.215 e. The topological polar surface area (TPSA) is 64.6 Å². The summed E-state index contributed by atoms with van der Waals surface area (Å²) >= 11 is 11.9. The molecular formula is C12H15Cl2NO4S. The first kappa shape index (κ1) is 16.0. The molecule has 5 nitrogen and oxygen atoms in total. The van der Waals surface area contributed by atoms with E-state index in [0.29, 0.717) is 28.6 Å². The van der Waals surface area contributed by atoms with Crippen molar-refractivity contribution in [1.82, 2.24) is 4.72 Å². The molecule has 1 heterocycles. The Hall–Kier alpha value is -0.370. The molecule has 112 valence electrons. The number of halogens is 2. The second-order valence-electron chi connectivity index (χ2n) is 4.41. The van der Waals surface area contributed by atoms with Crippen molar-refractivity contribution in [2.45, 2.75) is 18.3 Å². The highest BCUT2D eigenvalue weighted by atomic mass is 35.5. The molecule has 1 aliphatic heterocycles. The Bertz CT molecular complexity index is 538. The quantitative estimate of drug-likeness (QED) is 0.892. The fraction of sp³-hybridized carbons (Fsp3) is 0.500. The van der Waals surface area contributed by atoms with Crippen LogP contribution >= 0.6 is 23.2 Å². The van der Waals surface area contributed by atoms with E-state index < -0.39 is 10.0 Å². The van der Waals surface area contributed by atoms with Crippen LogP contribution in [0.4, 0.5) is 0 Å². The SMILES string of the molecule is O=S(=O)(Cc1c(Cl)cccc1Cl)NCC1CCOCO1. The zero-order valence-corrected chi connectivity index (χ0v) is 13.0. The highest BCUT2D eigenvalue weighted by Crippen LogP contribution is 2.25. The summed E-state index contributed by atoms with van der Waals surface area (Å²) in [6.07, 6.45) is 0.496. The lowest BCUT2D eigenvalue weighted by Gasteiger charge is -2.22. The molecular weight excluding hydrogens is 325 g/mol.